The summed E-state index contributed by atoms with van der Waals surface area (Å²) in [6.07, 6.45) is 6.14. The van der Waals surface area contributed by atoms with Crippen molar-refractivity contribution in [3.63, 3.8) is 0 Å². The lowest BCUT2D eigenvalue weighted by atomic mass is 9.86. The zero-order valence-corrected chi connectivity index (χ0v) is 13.4. The zero-order chi connectivity index (χ0) is 15.0. The highest BCUT2D eigenvalue weighted by Gasteiger charge is 2.40. The number of fused-ring (bicyclic) bond motifs is 2. The molecule has 0 aliphatic heterocycles. The predicted molar refractivity (Wildman–Crippen MR) is 83.0 cm³/mol. The summed E-state index contributed by atoms with van der Waals surface area (Å²) in [4.78, 5) is 12.2. The van der Waals surface area contributed by atoms with E-state index in [4.69, 9.17) is 0 Å². The predicted octanol–water partition coefficient (Wildman–Crippen LogP) is 3.00. The fraction of sp³-hybridized carbons (Fsp3) is 0.765. The number of nitrogens with zero attached hydrogens (tertiary/aromatic N) is 2. The van der Waals surface area contributed by atoms with Gasteiger partial charge in [-0.3, -0.25) is 9.48 Å². The average molecular weight is 289 g/mol. The Morgan fingerprint density at radius 3 is 2.81 bits per heavy atom. The van der Waals surface area contributed by atoms with E-state index in [-0.39, 0.29) is 11.9 Å². The molecule has 1 aromatic rings. The quantitative estimate of drug-likeness (QED) is 0.905. The van der Waals surface area contributed by atoms with Gasteiger partial charge in [-0.1, -0.05) is 6.42 Å². The third-order valence-electron chi connectivity index (χ3n) is 5.39. The van der Waals surface area contributed by atoms with Crippen LogP contribution in [-0.4, -0.2) is 22.2 Å². The van der Waals surface area contributed by atoms with Crippen LogP contribution in [0, 0.1) is 31.6 Å². The van der Waals surface area contributed by atoms with E-state index in [1.165, 1.54) is 25.7 Å². The summed E-state index contributed by atoms with van der Waals surface area (Å²) >= 11 is 0. The molecule has 1 N–H and O–H groups in total. The van der Waals surface area contributed by atoms with Gasteiger partial charge in [-0.2, -0.15) is 5.10 Å². The van der Waals surface area contributed by atoms with Crippen molar-refractivity contribution < 1.29 is 4.79 Å². The van der Waals surface area contributed by atoms with Crippen molar-refractivity contribution >= 4 is 5.91 Å². The molecule has 116 valence electrons. The molecule has 2 saturated carbocycles. The number of amides is 1. The summed E-state index contributed by atoms with van der Waals surface area (Å²) in [6.45, 7) is 6.84. The highest BCUT2D eigenvalue weighted by Crippen LogP contribution is 2.49. The minimum Gasteiger partial charge on any atom is -0.354 e. The number of hydrogen-bond acceptors (Lipinski definition) is 2. The van der Waals surface area contributed by atoms with Crippen molar-refractivity contribution in [3.8, 4) is 0 Å². The highest BCUT2D eigenvalue weighted by atomic mass is 16.1. The van der Waals surface area contributed by atoms with E-state index >= 15 is 0 Å². The molecule has 2 aliphatic carbocycles. The summed E-state index contributed by atoms with van der Waals surface area (Å²) in [6, 6.07) is 2.29. The molecule has 0 radical (unpaired) electrons. The van der Waals surface area contributed by atoms with Gasteiger partial charge in [-0.15, -0.1) is 0 Å². The summed E-state index contributed by atoms with van der Waals surface area (Å²) in [5, 5.41) is 7.59. The molecule has 0 unspecified atom stereocenters. The molecule has 0 saturated heterocycles. The number of aromatic nitrogens is 2. The van der Waals surface area contributed by atoms with Crippen LogP contribution >= 0.6 is 0 Å². The van der Waals surface area contributed by atoms with E-state index < -0.39 is 0 Å². The Labute approximate surface area is 127 Å². The minimum absolute atomic E-state index is 0.211. The fourth-order valence-corrected chi connectivity index (χ4v) is 4.38. The fourth-order valence-electron chi connectivity index (χ4n) is 4.38. The van der Waals surface area contributed by atoms with Gasteiger partial charge in [-0.25, -0.2) is 0 Å². The molecule has 4 atom stereocenters. The molecule has 21 heavy (non-hydrogen) atoms. The monoisotopic (exact) mass is 289 g/mol. The first kappa shape index (κ1) is 14.6. The summed E-state index contributed by atoms with van der Waals surface area (Å²) in [7, 11) is 0. The molecular formula is C17H27N3O. The van der Waals surface area contributed by atoms with Crippen LogP contribution < -0.4 is 5.32 Å². The van der Waals surface area contributed by atoms with Crippen LogP contribution in [0.4, 0.5) is 0 Å². The van der Waals surface area contributed by atoms with Gasteiger partial charge >= 0.3 is 0 Å². The number of nitrogens with one attached hydrogen (secondary N) is 1. The summed E-state index contributed by atoms with van der Waals surface area (Å²) in [5.74, 6) is 2.62. The summed E-state index contributed by atoms with van der Waals surface area (Å²) in [5.41, 5.74) is 2.19. The molecule has 4 nitrogen and oxygen atoms in total. The van der Waals surface area contributed by atoms with E-state index in [2.05, 4.69) is 30.3 Å². The Morgan fingerprint density at radius 1 is 1.43 bits per heavy atom. The van der Waals surface area contributed by atoms with Crippen LogP contribution in [0.3, 0.4) is 0 Å². The normalized spacial score (nSPS) is 28.8. The summed E-state index contributed by atoms with van der Waals surface area (Å²) < 4.78 is 2.01. The maximum Gasteiger partial charge on any atom is 0.220 e. The van der Waals surface area contributed by atoms with Crippen LogP contribution in [0.5, 0.6) is 0 Å². The number of hydrogen-bond donors (Lipinski definition) is 1. The smallest absolute Gasteiger partial charge is 0.220 e. The van der Waals surface area contributed by atoms with Crippen LogP contribution in [0.2, 0.25) is 0 Å². The molecular weight excluding hydrogens is 262 g/mol. The standard InChI is InChI=1S/C17H27N3O/c1-11-6-12(2)20(19-11)13(3)10-18-17(21)9-16-8-14-4-5-15(16)7-14/h6,13-16H,4-5,7-10H2,1-3H3,(H,18,21)/t13-,14-,15-,16+/m1/s1. The Hall–Kier alpha value is -1.32. The molecule has 0 spiro atoms. The van der Waals surface area contributed by atoms with Gasteiger partial charge in [0.1, 0.15) is 0 Å². The van der Waals surface area contributed by atoms with Gasteiger partial charge in [-0.05, 0) is 63.9 Å². The second-order valence-electron chi connectivity index (χ2n) is 7.16. The molecule has 2 bridgehead atoms. The zero-order valence-electron chi connectivity index (χ0n) is 13.4. The maximum absolute atomic E-state index is 12.2. The molecule has 3 rings (SSSR count). The van der Waals surface area contributed by atoms with E-state index in [0.29, 0.717) is 12.5 Å². The van der Waals surface area contributed by atoms with Gasteiger partial charge in [0.15, 0.2) is 0 Å². The Kier molecular flexibility index (Phi) is 4.05. The van der Waals surface area contributed by atoms with E-state index in [9.17, 15) is 4.79 Å². The Balaban J connectivity index is 1.46. The first-order valence-electron chi connectivity index (χ1n) is 8.32. The number of carbonyl (C=O) groups excluding carboxylic acids is 1. The number of rotatable bonds is 5. The highest BCUT2D eigenvalue weighted by molar-refractivity contribution is 5.76. The van der Waals surface area contributed by atoms with Gasteiger partial charge in [0, 0.05) is 18.7 Å². The first-order valence-corrected chi connectivity index (χ1v) is 8.32. The van der Waals surface area contributed by atoms with Crippen LogP contribution in [-0.2, 0) is 4.79 Å². The number of aryl methyl sites for hydroxylation is 2. The SMILES string of the molecule is Cc1cc(C)n([C@H](C)CNC(=O)C[C@@H]2C[C@@H]3CC[C@@H]2C3)n1. The second-order valence-corrected chi connectivity index (χ2v) is 7.16. The van der Waals surface area contributed by atoms with Crippen molar-refractivity contribution in [1.29, 1.82) is 0 Å². The van der Waals surface area contributed by atoms with Crippen LogP contribution in [0.15, 0.2) is 6.07 Å². The largest absolute Gasteiger partial charge is 0.354 e. The van der Waals surface area contributed by atoms with E-state index in [0.717, 1.165) is 29.6 Å². The Morgan fingerprint density at radius 2 is 2.24 bits per heavy atom. The van der Waals surface area contributed by atoms with Gasteiger partial charge in [0.25, 0.3) is 0 Å². The maximum atomic E-state index is 12.2. The van der Waals surface area contributed by atoms with Crippen molar-refractivity contribution in [1.82, 2.24) is 15.1 Å². The van der Waals surface area contributed by atoms with E-state index in [1.807, 2.05) is 11.6 Å². The van der Waals surface area contributed by atoms with Crippen molar-refractivity contribution in [2.75, 3.05) is 6.54 Å². The second kappa shape index (κ2) is 5.82. The topological polar surface area (TPSA) is 46.9 Å². The molecule has 2 fully saturated rings. The molecule has 1 amide bonds. The molecule has 0 aromatic carbocycles. The molecule has 4 heteroatoms. The lowest BCUT2D eigenvalue weighted by molar-refractivity contribution is -0.122. The minimum atomic E-state index is 0.211. The third kappa shape index (κ3) is 3.14. The average Bonchev–Trinajstić information content (AvgIpc) is 3.11. The van der Waals surface area contributed by atoms with E-state index in [1.54, 1.807) is 0 Å². The molecule has 1 aromatic heterocycles. The van der Waals surface area contributed by atoms with Crippen molar-refractivity contribution in [2.45, 2.75) is 58.9 Å². The van der Waals surface area contributed by atoms with Crippen molar-refractivity contribution in [2.24, 2.45) is 17.8 Å². The lowest BCUT2D eigenvalue weighted by Gasteiger charge is -2.21. The van der Waals surface area contributed by atoms with Gasteiger partial charge in [0.2, 0.25) is 5.91 Å². The van der Waals surface area contributed by atoms with Crippen LogP contribution in [0.1, 0.15) is 56.5 Å². The van der Waals surface area contributed by atoms with Crippen LogP contribution in [0.25, 0.3) is 0 Å². The molecule has 2 aliphatic rings. The van der Waals surface area contributed by atoms with Crippen molar-refractivity contribution in [3.05, 3.63) is 17.5 Å². The van der Waals surface area contributed by atoms with Gasteiger partial charge < -0.3 is 5.32 Å². The lowest BCUT2D eigenvalue weighted by Crippen LogP contribution is -2.32. The molecule has 1 heterocycles. The third-order valence-corrected chi connectivity index (χ3v) is 5.39. The van der Waals surface area contributed by atoms with Gasteiger partial charge in [0.05, 0.1) is 11.7 Å². The first-order chi connectivity index (χ1) is 10.0. The Bertz CT molecular complexity index is 522. The number of carbonyl (C=O) groups is 1.